The summed E-state index contributed by atoms with van der Waals surface area (Å²) in [6.07, 6.45) is 3.36. The van der Waals surface area contributed by atoms with Crippen molar-refractivity contribution in [3.05, 3.63) is 81.1 Å². The summed E-state index contributed by atoms with van der Waals surface area (Å²) in [5.74, 6) is 0.669. The van der Waals surface area contributed by atoms with E-state index in [1.165, 1.54) is 21.1 Å². The third-order valence-electron chi connectivity index (χ3n) is 11.1. The fourth-order valence-electron chi connectivity index (χ4n) is 8.18. The Bertz CT molecular complexity index is 2040. The number of amides is 1. The summed E-state index contributed by atoms with van der Waals surface area (Å²) in [5, 5.41) is 0.924. The minimum absolute atomic E-state index is 0.0825. The van der Waals surface area contributed by atoms with Crippen molar-refractivity contribution in [2.24, 2.45) is 5.92 Å². The Balaban J connectivity index is 1.20. The van der Waals surface area contributed by atoms with Gasteiger partial charge in [-0.3, -0.25) is 14.4 Å². The van der Waals surface area contributed by atoms with Crippen molar-refractivity contribution in [1.29, 1.82) is 0 Å². The number of Topliss-reactive ketones (excluding diaryl/α,β-unsaturated/α-hetero) is 1. The van der Waals surface area contributed by atoms with Crippen LogP contribution in [0.2, 0.25) is 10.0 Å². The fraction of sp³-hybridized carbons (Fsp3) is 0.476. The molecule has 0 aliphatic carbocycles. The van der Waals surface area contributed by atoms with Crippen LogP contribution in [0.3, 0.4) is 0 Å². The Hall–Kier alpha value is -4.16. The molecule has 2 saturated heterocycles. The van der Waals surface area contributed by atoms with Crippen LogP contribution in [-0.2, 0) is 27.9 Å². The number of para-hydroxylation sites is 2. The molecule has 0 radical (unpaired) electrons. The molecule has 2 aliphatic heterocycles. The number of hydrogen-bond donors (Lipinski definition) is 0. The zero-order valence-corrected chi connectivity index (χ0v) is 33.8. The molecule has 1 unspecified atom stereocenters. The Morgan fingerprint density at radius 1 is 0.927 bits per heavy atom. The van der Waals surface area contributed by atoms with Crippen LogP contribution in [0.25, 0.3) is 11.0 Å². The number of hydrogen-bond acceptors (Lipinski definition) is 9. The minimum Gasteiger partial charge on any atom is -0.493 e. The number of carbonyl (C=O) groups excluding carboxylic acids is 3. The van der Waals surface area contributed by atoms with Crippen molar-refractivity contribution in [2.75, 3.05) is 60.2 Å². The summed E-state index contributed by atoms with van der Waals surface area (Å²) >= 11 is 13.0. The normalized spacial score (nSPS) is 17.8. The largest absolute Gasteiger partial charge is 0.493 e. The average molecular weight is 794 g/mol. The van der Waals surface area contributed by atoms with Gasteiger partial charge in [-0.05, 0) is 88.5 Å². The quantitative estimate of drug-likeness (QED) is 0.0519. The highest BCUT2D eigenvalue weighted by Gasteiger charge is 2.43. The first-order valence-corrected chi connectivity index (χ1v) is 19.8. The maximum Gasteiger partial charge on any atom is 0.308 e. The van der Waals surface area contributed by atoms with Crippen LogP contribution in [0, 0.1) is 5.92 Å². The van der Waals surface area contributed by atoms with Crippen molar-refractivity contribution in [3.8, 4) is 17.2 Å². The second-order valence-electron chi connectivity index (χ2n) is 14.3. The molecule has 2 fully saturated rings. The van der Waals surface area contributed by atoms with Gasteiger partial charge in [-0.15, -0.1) is 0 Å². The molecule has 1 aromatic heterocycles. The first-order chi connectivity index (χ1) is 26.5. The molecule has 294 valence electrons. The van der Waals surface area contributed by atoms with Crippen LogP contribution in [0.15, 0.2) is 48.5 Å². The second kappa shape index (κ2) is 17.7. The van der Waals surface area contributed by atoms with E-state index in [9.17, 15) is 14.4 Å². The monoisotopic (exact) mass is 792 g/mol. The van der Waals surface area contributed by atoms with Gasteiger partial charge in [0, 0.05) is 56.1 Å². The molecular weight excluding hydrogens is 743 g/mol. The molecule has 0 saturated carbocycles. The fourth-order valence-corrected chi connectivity index (χ4v) is 8.48. The van der Waals surface area contributed by atoms with Gasteiger partial charge < -0.3 is 33.3 Å². The van der Waals surface area contributed by atoms with E-state index in [2.05, 4.69) is 4.90 Å². The number of methoxy groups -OCH3 is 2. The maximum absolute atomic E-state index is 14.4. The maximum atomic E-state index is 14.4. The van der Waals surface area contributed by atoms with Crippen molar-refractivity contribution in [3.63, 3.8) is 0 Å². The summed E-state index contributed by atoms with van der Waals surface area (Å²) in [5.41, 5.74) is 3.17. The second-order valence-corrected chi connectivity index (χ2v) is 15.1. The predicted molar refractivity (Wildman–Crippen MR) is 213 cm³/mol. The molecule has 0 spiro atoms. The van der Waals surface area contributed by atoms with Crippen molar-refractivity contribution in [1.82, 2.24) is 19.4 Å². The number of imidazole rings is 1. The number of carbonyl (C=O) groups is 3. The Morgan fingerprint density at radius 3 is 2.36 bits per heavy atom. The molecule has 3 heterocycles. The third-order valence-corrected chi connectivity index (χ3v) is 11.9. The number of halogens is 2. The van der Waals surface area contributed by atoms with Crippen LogP contribution in [0.4, 0.5) is 0 Å². The predicted octanol–water partition coefficient (Wildman–Crippen LogP) is 7.65. The van der Waals surface area contributed by atoms with E-state index in [-0.39, 0.29) is 28.9 Å². The highest BCUT2D eigenvalue weighted by molar-refractivity contribution is 6.42. The molecular formula is C42H50Cl2N4O7. The smallest absolute Gasteiger partial charge is 0.308 e. The van der Waals surface area contributed by atoms with Crippen molar-refractivity contribution >= 4 is 51.9 Å². The molecule has 0 N–H and O–H groups in total. The Labute approximate surface area is 332 Å². The van der Waals surface area contributed by atoms with Crippen LogP contribution >= 0.6 is 23.2 Å². The highest BCUT2D eigenvalue weighted by atomic mass is 35.5. The highest BCUT2D eigenvalue weighted by Crippen LogP contribution is 2.44. The van der Waals surface area contributed by atoms with Gasteiger partial charge in [0.05, 0.1) is 47.5 Å². The molecule has 1 atom stereocenters. The van der Waals surface area contributed by atoms with Gasteiger partial charge >= 0.3 is 5.97 Å². The lowest BCUT2D eigenvalue weighted by Crippen LogP contribution is -2.41. The van der Waals surface area contributed by atoms with Gasteiger partial charge in [0.1, 0.15) is 0 Å². The number of piperidine rings is 1. The van der Waals surface area contributed by atoms with Crippen LogP contribution in [-0.4, -0.2) is 97.2 Å². The van der Waals surface area contributed by atoms with Gasteiger partial charge in [-0.2, -0.15) is 0 Å². The molecule has 2 aliphatic rings. The van der Waals surface area contributed by atoms with E-state index < -0.39 is 11.4 Å². The SMILES string of the molecule is CCOCCn1c(C(=O)C2CCN(CCC3(c4ccc(Cl)c(Cl)c4)CCN(C(=O)c4cc(OC)c(OC)c(CC)c4OC(C)=O)C3)CC2)nc2ccccc21. The number of rotatable bonds is 15. The lowest BCUT2D eigenvalue weighted by Gasteiger charge is -2.36. The standard InChI is InChI=1S/C42H50Cl2N4O7/c1-6-30-38(55-27(3)49)31(25-36(52-4)39(30)53-5)41(51)47-21-17-42(26-47,29-12-13-32(43)33(44)24-29)16-20-46-18-14-28(15-19-46)37(50)40-45-34-10-8-9-11-35(34)48(40)22-23-54-7-2/h8-13,24-25,28H,6-7,14-23,26H2,1-5H3. The van der Waals surface area contributed by atoms with E-state index in [4.69, 9.17) is 47.1 Å². The molecule has 1 amide bonds. The first kappa shape index (κ1) is 40.5. The first-order valence-electron chi connectivity index (χ1n) is 19.0. The summed E-state index contributed by atoms with van der Waals surface area (Å²) < 4.78 is 24.6. The third kappa shape index (κ3) is 8.50. The Morgan fingerprint density at radius 2 is 1.69 bits per heavy atom. The van der Waals surface area contributed by atoms with Crippen molar-refractivity contribution in [2.45, 2.75) is 64.8 Å². The van der Waals surface area contributed by atoms with Gasteiger partial charge in [0.15, 0.2) is 23.1 Å². The van der Waals surface area contributed by atoms with Crippen LogP contribution in [0.5, 0.6) is 17.2 Å². The van der Waals surface area contributed by atoms with E-state index in [1.807, 2.05) is 65.8 Å². The summed E-state index contributed by atoms with van der Waals surface area (Å²) in [6, 6.07) is 15.2. The lowest BCUT2D eigenvalue weighted by atomic mass is 9.76. The molecule has 55 heavy (non-hydrogen) atoms. The lowest BCUT2D eigenvalue weighted by molar-refractivity contribution is -0.131. The number of aromatic nitrogens is 2. The van der Waals surface area contributed by atoms with Gasteiger partial charge in [-0.1, -0.05) is 48.3 Å². The Kier molecular flexibility index (Phi) is 13.1. The zero-order valence-electron chi connectivity index (χ0n) is 32.3. The summed E-state index contributed by atoms with van der Waals surface area (Å²) in [6.45, 7) is 10.1. The molecule has 4 aromatic rings. The molecule has 0 bridgehead atoms. The molecule has 3 aromatic carbocycles. The van der Waals surface area contributed by atoms with E-state index in [1.54, 1.807) is 6.07 Å². The molecule has 11 nitrogen and oxygen atoms in total. The number of ether oxygens (including phenoxy) is 4. The number of likely N-dealkylation sites (tertiary alicyclic amines) is 2. The van der Waals surface area contributed by atoms with E-state index in [0.717, 1.165) is 55.5 Å². The van der Waals surface area contributed by atoms with Crippen molar-refractivity contribution < 1.29 is 33.3 Å². The van der Waals surface area contributed by atoms with Crippen LogP contribution < -0.4 is 14.2 Å². The van der Waals surface area contributed by atoms with E-state index in [0.29, 0.717) is 78.6 Å². The number of nitrogens with zero attached hydrogens (tertiary/aromatic N) is 4. The number of benzene rings is 3. The van der Waals surface area contributed by atoms with Crippen LogP contribution in [0.1, 0.15) is 78.6 Å². The summed E-state index contributed by atoms with van der Waals surface area (Å²) in [4.78, 5) is 49.7. The summed E-state index contributed by atoms with van der Waals surface area (Å²) in [7, 11) is 3.03. The van der Waals surface area contributed by atoms with Gasteiger partial charge in [0.2, 0.25) is 5.78 Å². The average Bonchev–Trinajstić information content (AvgIpc) is 3.80. The zero-order chi connectivity index (χ0) is 39.3. The van der Waals surface area contributed by atoms with Gasteiger partial charge in [0.25, 0.3) is 5.91 Å². The molecule has 13 heteroatoms. The molecule has 6 rings (SSSR count). The van der Waals surface area contributed by atoms with Gasteiger partial charge in [-0.25, -0.2) is 4.98 Å². The van der Waals surface area contributed by atoms with E-state index >= 15 is 0 Å². The number of ketones is 1. The number of esters is 1. The topological polar surface area (TPSA) is 112 Å². The minimum atomic E-state index is -0.534. The number of fused-ring (bicyclic) bond motifs is 1.